The highest BCUT2D eigenvalue weighted by Gasteiger charge is 2.23. The maximum atomic E-state index is 12.3. The first-order valence-corrected chi connectivity index (χ1v) is 10.2. The fraction of sp³-hybridized carbons (Fsp3) is 0.286. The number of nitrogens with one attached hydrogen (secondary N) is 1. The van der Waals surface area contributed by atoms with E-state index < -0.39 is 0 Å². The van der Waals surface area contributed by atoms with Crippen molar-refractivity contribution in [1.82, 2.24) is 5.01 Å². The van der Waals surface area contributed by atoms with E-state index in [9.17, 15) is 9.59 Å². The van der Waals surface area contributed by atoms with Gasteiger partial charge in [-0.2, -0.15) is 5.10 Å². The Morgan fingerprint density at radius 1 is 1.14 bits per heavy atom. The van der Waals surface area contributed by atoms with E-state index >= 15 is 0 Å². The molecule has 2 amide bonds. The summed E-state index contributed by atoms with van der Waals surface area (Å²) in [4.78, 5) is 23.8. The summed E-state index contributed by atoms with van der Waals surface area (Å²) < 4.78 is 10.6. The van der Waals surface area contributed by atoms with Crippen molar-refractivity contribution in [2.45, 2.75) is 19.9 Å². The Labute approximate surface area is 174 Å². The van der Waals surface area contributed by atoms with Crippen LogP contribution in [0.5, 0.6) is 11.5 Å². The Kier molecular flexibility index (Phi) is 6.77. The number of benzene rings is 2. The van der Waals surface area contributed by atoms with Gasteiger partial charge in [0.05, 0.1) is 26.5 Å². The fourth-order valence-electron chi connectivity index (χ4n) is 2.79. The Bertz CT molecular complexity index is 928. The SMILES string of the molecule is CCC(=O)Nc1ccc(CN2N=C(c3ccc(OC)c(OC)c3)CSC2=O)cc1. The highest BCUT2D eigenvalue weighted by atomic mass is 32.2. The monoisotopic (exact) mass is 413 g/mol. The summed E-state index contributed by atoms with van der Waals surface area (Å²) in [5, 5.41) is 8.72. The van der Waals surface area contributed by atoms with Crippen molar-refractivity contribution < 1.29 is 19.1 Å². The number of methoxy groups -OCH3 is 2. The molecule has 1 heterocycles. The molecule has 0 aliphatic carbocycles. The second-order valence-electron chi connectivity index (χ2n) is 6.33. The Morgan fingerprint density at radius 2 is 1.86 bits per heavy atom. The first-order valence-electron chi connectivity index (χ1n) is 9.17. The minimum Gasteiger partial charge on any atom is -0.493 e. The summed E-state index contributed by atoms with van der Waals surface area (Å²) in [5.41, 5.74) is 3.33. The van der Waals surface area contributed by atoms with Crippen LogP contribution < -0.4 is 14.8 Å². The molecule has 152 valence electrons. The van der Waals surface area contributed by atoms with Crippen LogP contribution in [0.4, 0.5) is 10.5 Å². The summed E-state index contributed by atoms with van der Waals surface area (Å²) in [6, 6.07) is 13.0. The van der Waals surface area contributed by atoms with Crippen LogP contribution >= 0.6 is 11.8 Å². The van der Waals surface area contributed by atoms with Gasteiger partial charge in [-0.1, -0.05) is 30.8 Å². The van der Waals surface area contributed by atoms with Gasteiger partial charge in [0.15, 0.2) is 11.5 Å². The van der Waals surface area contributed by atoms with Crippen molar-refractivity contribution in [1.29, 1.82) is 0 Å². The van der Waals surface area contributed by atoms with E-state index in [2.05, 4.69) is 10.4 Å². The number of carbonyl (C=O) groups excluding carboxylic acids is 2. The molecule has 0 saturated carbocycles. The molecule has 1 aliphatic rings. The van der Waals surface area contributed by atoms with Gasteiger partial charge in [0.25, 0.3) is 0 Å². The molecule has 29 heavy (non-hydrogen) atoms. The standard InChI is InChI=1S/C21H23N3O4S/c1-4-20(25)22-16-8-5-14(6-9-16)12-24-21(26)29-13-17(23-24)15-7-10-18(27-2)19(11-15)28-3/h5-11H,4,12-13H2,1-3H3,(H,22,25). The maximum Gasteiger partial charge on any atom is 0.302 e. The van der Waals surface area contributed by atoms with E-state index in [4.69, 9.17) is 9.47 Å². The Morgan fingerprint density at radius 3 is 2.52 bits per heavy atom. The maximum absolute atomic E-state index is 12.3. The number of nitrogens with zero attached hydrogens (tertiary/aromatic N) is 2. The lowest BCUT2D eigenvalue weighted by atomic mass is 10.1. The van der Waals surface area contributed by atoms with Crippen LogP contribution in [0.1, 0.15) is 24.5 Å². The van der Waals surface area contributed by atoms with Crippen molar-refractivity contribution >= 4 is 34.3 Å². The van der Waals surface area contributed by atoms with Gasteiger partial charge in [0.2, 0.25) is 5.91 Å². The molecule has 0 atom stereocenters. The number of amides is 2. The Hall–Kier alpha value is -3.00. The molecule has 0 bridgehead atoms. The minimum atomic E-state index is -0.0995. The third-order valence-electron chi connectivity index (χ3n) is 4.39. The van der Waals surface area contributed by atoms with Gasteiger partial charge in [-0.05, 0) is 35.9 Å². The van der Waals surface area contributed by atoms with Crippen LogP contribution in [0.15, 0.2) is 47.6 Å². The molecule has 0 spiro atoms. The number of ether oxygens (including phenoxy) is 2. The molecule has 2 aromatic carbocycles. The summed E-state index contributed by atoms with van der Waals surface area (Å²) in [6.45, 7) is 2.15. The third kappa shape index (κ3) is 5.08. The molecule has 0 unspecified atom stereocenters. The van der Waals surface area contributed by atoms with Crippen molar-refractivity contribution in [3.05, 3.63) is 53.6 Å². The lowest BCUT2D eigenvalue weighted by Crippen LogP contribution is -2.29. The zero-order valence-corrected chi connectivity index (χ0v) is 17.4. The Balaban J connectivity index is 1.77. The van der Waals surface area contributed by atoms with Crippen LogP contribution in [-0.2, 0) is 11.3 Å². The molecule has 8 heteroatoms. The molecule has 1 N–H and O–H groups in total. The number of rotatable bonds is 7. The lowest BCUT2D eigenvalue weighted by Gasteiger charge is -2.23. The second kappa shape index (κ2) is 9.47. The summed E-state index contributed by atoms with van der Waals surface area (Å²) in [6.07, 6.45) is 0.425. The van der Waals surface area contributed by atoms with Crippen molar-refractivity contribution in [3.8, 4) is 11.5 Å². The van der Waals surface area contributed by atoms with Crippen LogP contribution in [0, 0.1) is 0 Å². The van der Waals surface area contributed by atoms with Gasteiger partial charge >= 0.3 is 5.24 Å². The zero-order valence-electron chi connectivity index (χ0n) is 16.6. The predicted octanol–water partition coefficient (Wildman–Crippen LogP) is 4.13. The number of carbonyl (C=O) groups is 2. The van der Waals surface area contributed by atoms with E-state index in [1.807, 2.05) is 42.5 Å². The molecule has 0 fully saturated rings. The third-order valence-corrected chi connectivity index (χ3v) is 5.27. The average molecular weight is 413 g/mol. The molecule has 2 aromatic rings. The van der Waals surface area contributed by atoms with Gasteiger partial charge in [-0.25, -0.2) is 5.01 Å². The molecule has 7 nitrogen and oxygen atoms in total. The lowest BCUT2D eigenvalue weighted by molar-refractivity contribution is -0.115. The number of hydrogen-bond acceptors (Lipinski definition) is 6. The highest BCUT2D eigenvalue weighted by molar-refractivity contribution is 8.14. The quantitative estimate of drug-likeness (QED) is 0.738. The van der Waals surface area contributed by atoms with Crippen LogP contribution in [0.3, 0.4) is 0 Å². The van der Waals surface area contributed by atoms with Crippen molar-refractivity contribution in [2.75, 3.05) is 25.3 Å². The normalized spacial score (nSPS) is 13.7. The number of hydrazone groups is 1. The first-order chi connectivity index (χ1) is 14.0. The molecule has 0 aromatic heterocycles. The fourth-order valence-corrected chi connectivity index (χ4v) is 3.53. The molecule has 1 aliphatic heterocycles. The van der Waals surface area contributed by atoms with Crippen LogP contribution in [0.2, 0.25) is 0 Å². The second-order valence-corrected chi connectivity index (χ2v) is 7.25. The van der Waals surface area contributed by atoms with Gasteiger partial charge in [-0.3, -0.25) is 9.59 Å². The van der Waals surface area contributed by atoms with E-state index in [1.54, 1.807) is 21.1 Å². The highest BCUT2D eigenvalue weighted by Crippen LogP contribution is 2.30. The number of thioether (sulfide) groups is 1. The predicted molar refractivity (Wildman–Crippen MR) is 115 cm³/mol. The molecular weight excluding hydrogens is 390 g/mol. The van der Waals surface area contributed by atoms with Gasteiger partial charge in [0, 0.05) is 23.4 Å². The van der Waals surface area contributed by atoms with E-state index in [0.29, 0.717) is 30.2 Å². The first kappa shape index (κ1) is 20.7. The zero-order chi connectivity index (χ0) is 20.8. The number of anilines is 1. The largest absolute Gasteiger partial charge is 0.493 e. The summed E-state index contributed by atoms with van der Waals surface area (Å²) >= 11 is 1.21. The molecular formula is C21H23N3O4S. The van der Waals surface area contributed by atoms with Crippen LogP contribution in [-0.4, -0.2) is 41.8 Å². The van der Waals surface area contributed by atoms with Crippen molar-refractivity contribution in [2.24, 2.45) is 5.10 Å². The molecule has 3 rings (SSSR count). The van der Waals surface area contributed by atoms with Gasteiger partial charge < -0.3 is 14.8 Å². The van der Waals surface area contributed by atoms with E-state index in [-0.39, 0.29) is 11.1 Å². The average Bonchev–Trinajstić information content (AvgIpc) is 2.76. The van der Waals surface area contributed by atoms with E-state index in [0.717, 1.165) is 22.5 Å². The smallest absolute Gasteiger partial charge is 0.302 e. The van der Waals surface area contributed by atoms with Gasteiger partial charge in [-0.15, -0.1) is 0 Å². The molecule has 0 radical (unpaired) electrons. The minimum absolute atomic E-state index is 0.0375. The summed E-state index contributed by atoms with van der Waals surface area (Å²) in [5.74, 6) is 1.71. The van der Waals surface area contributed by atoms with Gasteiger partial charge in [0.1, 0.15) is 0 Å². The van der Waals surface area contributed by atoms with Crippen molar-refractivity contribution in [3.63, 3.8) is 0 Å². The number of hydrogen-bond donors (Lipinski definition) is 1. The summed E-state index contributed by atoms with van der Waals surface area (Å²) in [7, 11) is 3.17. The van der Waals surface area contributed by atoms with Crippen LogP contribution in [0.25, 0.3) is 0 Å². The van der Waals surface area contributed by atoms with E-state index in [1.165, 1.54) is 16.8 Å². The molecule has 0 saturated heterocycles. The topological polar surface area (TPSA) is 80.2 Å².